The average molecular weight is 562 g/mol. The average Bonchev–Trinajstić information content (AvgIpc) is 3.13. The highest BCUT2D eigenvalue weighted by Crippen LogP contribution is 2.48. The number of rotatable bonds is 6. The Hall–Kier alpha value is -2.43. The Morgan fingerprint density at radius 1 is 1.25 bits per heavy atom. The van der Waals surface area contributed by atoms with E-state index in [0.717, 1.165) is 47.2 Å². The summed E-state index contributed by atoms with van der Waals surface area (Å²) in [4.78, 5) is 24.1. The van der Waals surface area contributed by atoms with Gasteiger partial charge in [-0.2, -0.15) is 4.98 Å². The number of H-pyrrole nitrogens is 1. The van der Waals surface area contributed by atoms with E-state index in [1.54, 1.807) is 6.20 Å². The normalized spacial score (nSPS) is 27.3. The molecule has 36 heavy (non-hydrogen) atoms. The molecule has 0 amide bonds. The highest BCUT2D eigenvalue weighted by atomic mass is 79.9. The highest BCUT2D eigenvalue weighted by Gasteiger charge is 2.47. The van der Waals surface area contributed by atoms with Gasteiger partial charge in [0.2, 0.25) is 5.95 Å². The van der Waals surface area contributed by atoms with Crippen molar-refractivity contribution in [1.29, 1.82) is 0 Å². The first-order valence-electron chi connectivity index (χ1n) is 12.9. The van der Waals surface area contributed by atoms with Crippen LogP contribution in [0.15, 0.2) is 33.7 Å². The van der Waals surface area contributed by atoms with Crippen molar-refractivity contribution in [3.05, 3.63) is 39.4 Å². The first-order chi connectivity index (χ1) is 17.2. The van der Waals surface area contributed by atoms with E-state index in [-0.39, 0.29) is 24.9 Å². The van der Waals surface area contributed by atoms with Crippen molar-refractivity contribution >= 4 is 44.4 Å². The Morgan fingerprint density at radius 3 is 2.78 bits per heavy atom. The number of hydrogen-bond donors (Lipinski definition) is 5. The number of nitrogens with zero attached hydrogens (tertiary/aromatic N) is 3. The van der Waals surface area contributed by atoms with E-state index in [0.29, 0.717) is 29.2 Å². The summed E-state index contributed by atoms with van der Waals surface area (Å²) in [5, 5.41) is 27.1. The van der Waals surface area contributed by atoms with Crippen LogP contribution < -0.4 is 16.3 Å². The Morgan fingerprint density at radius 2 is 2.03 bits per heavy atom. The summed E-state index contributed by atoms with van der Waals surface area (Å²) in [5.41, 5.74) is 1.37. The van der Waals surface area contributed by atoms with Gasteiger partial charge in [-0.15, -0.1) is 0 Å². The van der Waals surface area contributed by atoms with Crippen LogP contribution in [0.25, 0.3) is 11.0 Å². The lowest BCUT2D eigenvalue weighted by Gasteiger charge is -2.51. The van der Waals surface area contributed by atoms with Crippen LogP contribution in [-0.4, -0.2) is 48.0 Å². The molecule has 0 saturated heterocycles. The highest BCUT2D eigenvalue weighted by molar-refractivity contribution is 9.10. The molecule has 2 fully saturated rings. The fourth-order valence-electron chi connectivity index (χ4n) is 6.17. The van der Waals surface area contributed by atoms with Gasteiger partial charge in [-0.25, -0.2) is 9.78 Å². The molecule has 5 unspecified atom stereocenters. The van der Waals surface area contributed by atoms with Crippen molar-refractivity contribution in [3.63, 3.8) is 0 Å². The van der Waals surface area contributed by atoms with Crippen LogP contribution in [0, 0.1) is 17.8 Å². The van der Waals surface area contributed by atoms with Gasteiger partial charge in [-0.3, -0.25) is 4.57 Å². The van der Waals surface area contributed by atoms with Crippen molar-refractivity contribution in [2.45, 2.75) is 71.6 Å². The van der Waals surface area contributed by atoms with Gasteiger partial charge < -0.3 is 25.8 Å². The fraction of sp³-hybridized carbons (Fsp3) is 0.577. The second-order valence-electron chi connectivity index (χ2n) is 10.1. The van der Waals surface area contributed by atoms with E-state index < -0.39 is 5.60 Å². The third kappa shape index (κ3) is 5.45. The maximum absolute atomic E-state index is 12.1. The minimum atomic E-state index is -0.536. The molecule has 1 aromatic carbocycles. The lowest BCUT2D eigenvalue weighted by atomic mass is 9.60. The largest absolute Gasteiger partial charge is 0.395 e. The van der Waals surface area contributed by atoms with Crippen LogP contribution >= 0.6 is 15.9 Å². The van der Waals surface area contributed by atoms with Gasteiger partial charge in [0, 0.05) is 17.9 Å². The summed E-state index contributed by atoms with van der Waals surface area (Å²) in [6.45, 7) is 8.58. The van der Waals surface area contributed by atoms with Crippen molar-refractivity contribution < 1.29 is 10.2 Å². The number of halogens is 1. The van der Waals surface area contributed by atoms with E-state index in [1.165, 1.54) is 4.57 Å². The zero-order valence-corrected chi connectivity index (χ0v) is 23.0. The quantitative estimate of drug-likeness (QED) is 0.297. The van der Waals surface area contributed by atoms with E-state index >= 15 is 0 Å². The maximum Gasteiger partial charge on any atom is 0.326 e. The number of aromatic amines is 1. The molecule has 5 rings (SSSR count). The standard InChI is InChI=1S/C24H31BrN6O3.C2H6/c1-13-7-15-11-24(34,9-13)10-14(2)20(15)29-21-17(25)12-26-22(30-21)27-16-3-4-19-18(8-16)28-23(33)31(19)5-6-32;1-2/h3-4,8,12-15,20,32,34H,5-7,9-11H2,1-2H3,(H,28,33)(H2,26,27,29,30);1-2H3. The lowest BCUT2D eigenvalue weighted by molar-refractivity contribution is -0.0847. The molecule has 2 aliphatic carbocycles. The number of imidazole rings is 1. The topological polar surface area (TPSA) is 128 Å². The number of aromatic nitrogens is 4. The van der Waals surface area contributed by atoms with Crippen LogP contribution in [-0.2, 0) is 6.54 Å². The Bertz CT molecular complexity index is 1260. The van der Waals surface area contributed by atoms with E-state index in [4.69, 9.17) is 4.98 Å². The Labute approximate surface area is 219 Å². The summed E-state index contributed by atoms with van der Waals surface area (Å²) in [7, 11) is 0. The molecule has 9 nitrogen and oxygen atoms in total. The van der Waals surface area contributed by atoms with Crippen molar-refractivity contribution in [1.82, 2.24) is 19.5 Å². The predicted octanol–water partition coefficient (Wildman–Crippen LogP) is 4.63. The van der Waals surface area contributed by atoms with Crippen molar-refractivity contribution in [2.75, 3.05) is 17.2 Å². The predicted molar refractivity (Wildman–Crippen MR) is 147 cm³/mol. The minimum absolute atomic E-state index is 0.103. The molecule has 2 aliphatic rings. The first-order valence-corrected chi connectivity index (χ1v) is 13.7. The SMILES string of the molecule is CC.CC1CC2CC(O)(C1)CC(C)C2Nc1nc(Nc2ccc3c(c2)[nH]c(=O)n3CCO)ncc1Br. The van der Waals surface area contributed by atoms with E-state index in [2.05, 4.69) is 50.4 Å². The number of aliphatic hydroxyl groups excluding tert-OH is 1. The van der Waals surface area contributed by atoms with Crippen LogP contribution in [0.2, 0.25) is 0 Å². The third-order valence-electron chi connectivity index (χ3n) is 7.30. The van der Waals surface area contributed by atoms with Gasteiger partial charge in [0.15, 0.2) is 0 Å². The Balaban J connectivity index is 0.00000148. The number of fused-ring (bicyclic) bond motifs is 3. The lowest BCUT2D eigenvalue weighted by Crippen LogP contribution is -2.53. The monoisotopic (exact) mass is 560 g/mol. The van der Waals surface area contributed by atoms with Gasteiger partial charge >= 0.3 is 5.69 Å². The minimum Gasteiger partial charge on any atom is -0.395 e. The van der Waals surface area contributed by atoms with Gasteiger partial charge in [0.05, 0.1) is 34.3 Å². The van der Waals surface area contributed by atoms with Crippen molar-refractivity contribution in [3.8, 4) is 0 Å². The summed E-state index contributed by atoms with van der Waals surface area (Å²) in [5.74, 6) is 2.41. The smallest absolute Gasteiger partial charge is 0.326 e. The summed E-state index contributed by atoms with van der Waals surface area (Å²) >= 11 is 3.58. The van der Waals surface area contributed by atoms with Gasteiger partial charge in [-0.05, 0) is 77.6 Å². The number of aliphatic hydroxyl groups is 2. The Kier molecular flexibility index (Phi) is 8.06. The molecule has 3 aromatic rings. The molecule has 196 valence electrons. The molecule has 2 saturated carbocycles. The molecule has 10 heteroatoms. The van der Waals surface area contributed by atoms with Crippen molar-refractivity contribution in [2.24, 2.45) is 17.8 Å². The zero-order valence-electron chi connectivity index (χ0n) is 21.4. The summed E-state index contributed by atoms with van der Waals surface area (Å²) < 4.78 is 2.30. The molecule has 0 radical (unpaired) electrons. The molecule has 0 aliphatic heterocycles. The maximum atomic E-state index is 12.1. The molecular formula is C26H37BrN6O3. The second kappa shape index (κ2) is 10.9. The van der Waals surface area contributed by atoms with Crippen LogP contribution in [0.1, 0.15) is 53.4 Å². The number of benzene rings is 1. The molecular weight excluding hydrogens is 524 g/mol. The number of hydrogen-bond acceptors (Lipinski definition) is 7. The first kappa shape index (κ1) is 26.6. The molecule has 2 bridgehead atoms. The zero-order chi connectivity index (χ0) is 26.0. The van der Waals surface area contributed by atoms with Gasteiger partial charge in [0.25, 0.3) is 0 Å². The summed E-state index contributed by atoms with van der Waals surface area (Å²) in [6, 6.07) is 5.75. The summed E-state index contributed by atoms with van der Waals surface area (Å²) in [6.07, 6.45) is 5.36. The van der Waals surface area contributed by atoms with Crippen LogP contribution in [0.3, 0.4) is 0 Å². The molecule has 2 aromatic heterocycles. The number of nitrogens with one attached hydrogen (secondary N) is 3. The van der Waals surface area contributed by atoms with Crippen LogP contribution in [0.4, 0.5) is 17.5 Å². The van der Waals surface area contributed by atoms with Gasteiger partial charge in [0.1, 0.15) is 5.82 Å². The molecule has 5 atom stereocenters. The second-order valence-corrected chi connectivity index (χ2v) is 11.0. The van der Waals surface area contributed by atoms with Gasteiger partial charge in [-0.1, -0.05) is 27.7 Å². The molecule has 2 heterocycles. The van der Waals surface area contributed by atoms with E-state index in [9.17, 15) is 15.0 Å². The fourth-order valence-corrected chi connectivity index (χ4v) is 6.48. The molecule has 0 spiro atoms. The molecule has 5 N–H and O–H groups in total. The number of anilines is 3. The van der Waals surface area contributed by atoms with Crippen LogP contribution in [0.5, 0.6) is 0 Å². The third-order valence-corrected chi connectivity index (χ3v) is 7.88. The van der Waals surface area contributed by atoms with E-state index in [1.807, 2.05) is 32.0 Å².